The van der Waals surface area contributed by atoms with Crippen LogP contribution in [0.3, 0.4) is 0 Å². The minimum Gasteiger partial charge on any atom is -0.353 e. The lowest BCUT2D eigenvalue weighted by atomic mass is 10.1. The summed E-state index contributed by atoms with van der Waals surface area (Å²) in [6, 6.07) is 12.3. The molecule has 0 saturated heterocycles. The zero-order chi connectivity index (χ0) is 20.8. The van der Waals surface area contributed by atoms with Gasteiger partial charge in [-0.05, 0) is 30.3 Å². The Labute approximate surface area is 175 Å². The lowest BCUT2D eigenvalue weighted by molar-refractivity contribution is 0.628. The second kappa shape index (κ2) is 6.81. The van der Waals surface area contributed by atoms with Crippen molar-refractivity contribution in [3.8, 4) is 33.9 Å². The van der Waals surface area contributed by atoms with E-state index < -0.39 is 0 Å². The van der Waals surface area contributed by atoms with Crippen molar-refractivity contribution in [3.05, 3.63) is 79.3 Å². The van der Waals surface area contributed by atoms with Crippen molar-refractivity contribution in [2.75, 3.05) is 0 Å². The van der Waals surface area contributed by atoms with Gasteiger partial charge < -0.3 is 4.98 Å². The molecule has 0 atom stereocenters. The third-order valence-electron chi connectivity index (χ3n) is 5.18. The number of pyridine rings is 2. The Balaban J connectivity index is 1.52. The highest BCUT2D eigenvalue weighted by molar-refractivity contribution is 5.99. The molecule has 0 amide bonds. The molecule has 31 heavy (non-hydrogen) atoms. The number of hydrogen-bond donors (Lipinski definition) is 2. The smallest absolute Gasteiger partial charge is 0.181 e. The SMILES string of the molecule is Fc1cccc(-c2nccc3[nH]c(-c4[nH]nc5ncc(-c6cnccn6)cc45)cc23)c1. The molecule has 6 rings (SSSR count). The summed E-state index contributed by atoms with van der Waals surface area (Å²) in [5, 5.41) is 9.16. The molecule has 6 aromatic rings. The molecule has 7 nitrogen and oxygen atoms in total. The van der Waals surface area contributed by atoms with Gasteiger partial charge in [-0.1, -0.05) is 12.1 Å². The third kappa shape index (κ3) is 2.93. The van der Waals surface area contributed by atoms with Gasteiger partial charge in [0.1, 0.15) is 5.82 Å². The van der Waals surface area contributed by atoms with Crippen molar-refractivity contribution in [2.24, 2.45) is 0 Å². The number of fused-ring (bicyclic) bond motifs is 2. The second-order valence-electron chi connectivity index (χ2n) is 7.10. The predicted octanol–water partition coefficient (Wildman–Crippen LogP) is 4.76. The van der Waals surface area contributed by atoms with Gasteiger partial charge in [0, 0.05) is 52.2 Å². The van der Waals surface area contributed by atoms with Gasteiger partial charge in [-0.15, -0.1) is 0 Å². The molecule has 0 aliphatic rings. The Morgan fingerprint density at radius 2 is 1.77 bits per heavy atom. The van der Waals surface area contributed by atoms with Crippen LogP contribution in [0.2, 0.25) is 0 Å². The molecule has 2 N–H and O–H groups in total. The highest BCUT2D eigenvalue weighted by Gasteiger charge is 2.15. The van der Waals surface area contributed by atoms with Crippen molar-refractivity contribution in [1.82, 2.24) is 35.1 Å². The van der Waals surface area contributed by atoms with Crippen LogP contribution in [0.25, 0.3) is 55.8 Å². The van der Waals surface area contributed by atoms with Gasteiger partial charge >= 0.3 is 0 Å². The van der Waals surface area contributed by atoms with E-state index in [-0.39, 0.29) is 5.82 Å². The van der Waals surface area contributed by atoms with Gasteiger partial charge in [0.05, 0.1) is 29.0 Å². The first kappa shape index (κ1) is 17.4. The topological polar surface area (TPSA) is 96.0 Å². The summed E-state index contributed by atoms with van der Waals surface area (Å²) in [4.78, 5) is 20.8. The molecule has 148 valence electrons. The highest BCUT2D eigenvalue weighted by Crippen LogP contribution is 2.33. The van der Waals surface area contributed by atoms with Crippen molar-refractivity contribution < 1.29 is 4.39 Å². The summed E-state index contributed by atoms with van der Waals surface area (Å²) in [6.45, 7) is 0. The van der Waals surface area contributed by atoms with E-state index in [1.165, 1.54) is 12.1 Å². The van der Waals surface area contributed by atoms with Gasteiger partial charge in [0.25, 0.3) is 0 Å². The number of rotatable bonds is 3. The van der Waals surface area contributed by atoms with E-state index in [4.69, 9.17) is 0 Å². The largest absolute Gasteiger partial charge is 0.353 e. The van der Waals surface area contributed by atoms with Gasteiger partial charge in [-0.25, -0.2) is 9.37 Å². The fraction of sp³-hybridized carbons (Fsp3) is 0. The predicted molar refractivity (Wildman–Crippen MR) is 115 cm³/mol. The monoisotopic (exact) mass is 407 g/mol. The Morgan fingerprint density at radius 1 is 0.806 bits per heavy atom. The molecule has 0 radical (unpaired) electrons. The number of aromatic amines is 2. The molecular formula is C23H14FN7. The fourth-order valence-corrected chi connectivity index (χ4v) is 3.75. The second-order valence-corrected chi connectivity index (χ2v) is 7.10. The third-order valence-corrected chi connectivity index (χ3v) is 5.18. The quantitative estimate of drug-likeness (QED) is 0.441. The van der Waals surface area contributed by atoms with Crippen LogP contribution in [0.4, 0.5) is 4.39 Å². The first-order valence-corrected chi connectivity index (χ1v) is 9.61. The van der Waals surface area contributed by atoms with Crippen molar-refractivity contribution in [1.29, 1.82) is 0 Å². The number of halogens is 1. The van der Waals surface area contributed by atoms with E-state index in [0.29, 0.717) is 11.3 Å². The molecule has 0 aliphatic heterocycles. The lowest BCUT2D eigenvalue weighted by Crippen LogP contribution is -1.86. The van der Waals surface area contributed by atoms with Gasteiger partial charge in [0.2, 0.25) is 0 Å². The summed E-state index contributed by atoms with van der Waals surface area (Å²) in [5.41, 5.74) is 6.14. The number of nitrogens with one attached hydrogen (secondary N) is 2. The number of nitrogens with zero attached hydrogens (tertiary/aromatic N) is 5. The summed E-state index contributed by atoms with van der Waals surface area (Å²) in [7, 11) is 0. The Morgan fingerprint density at radius 3 is 2.65 bits per heavy atom. The van der Waals surface area contributed by atoms with E-state index >= 15 is 0 Å². The molecule has 0 fully saturated rings. The molecule has 5 heterocycles. The standard InChI is InChI=1S/C23H14FN7/c24-15-3-1-2-13(8-15)21-16-10-19(29-18(16)4-5-27-21)22-17-9-14(11-28-23(17)31-30-22)20-12-25-6-7-26-20/h1-12,29H,(H,28,30,31). The van der Waals surface area contributed by atoms with Crippen LogP contribution in [-0.4, -0.2) is 35.1 Å². The Hall–Kier alpha value is -4.46. The molecule has 8 heteroatoms. The van der Waals surface area contributed by atoms with Crippen LogP contribution in [-0.2, 0) is 0 Å². The average molecular weight is 407 g/mol. The van der Waals surface area contributed by atoms with Crippen LogP contribution in [0.5, 0.6) is 0 Å². The maximum atomic E-state index is 13.8. The van der Waals surface area contributed by atoms with Crippen LogP contribution in [0.1, 0.15) is 0 Å². The van der Waals surface area contributed by atoms with E-state index in [1.54, 1.807) is 37.1 Å². The van der Waals surface area contributed by atoms with Crippen LogP contribution in [0, 0.1) is 5.82 Å². The van der Waals surface area contributed by atoms with E-state index in [2.05, 4.69) is 35.1 Å². The maximum Gasteiger partial charge on any atom is 0.181 e. The zero-order valence-electron chi connectivity index (χ0n) is 16.0. The minimum absolute atomic E-state index is 0.297. The van der Waals surface area contributed by atoms with Crippen molar-refractivity contribution in [2.45, 2.75) is 0 Å². The zero-order valence-corrected chi connectivity index (χ0v) is 16.0. The first-order chi connectivity index (χ1) is 15.3. The van der Waals surface area contributed by atoms with Crippen LogP contribution < -0.4 is 0 Å². The summed E-state index contributed by atoms with van der Waals surface area (Å²) in [5.74, 6) is -0.297. The Kier molecular flexibility index (Phi) is 3.82. The fourth-order valence-electron chi connectivity index (χ4n) is 3.75. The van der Waals surface area contributed by atoms with Crippen LogP contribution >= 0.6 is 0 Å². The number of aromatic nitrogens is 7. The van der Waals surface area contributed by atoms with Crippen molar-refractivity contribution >= 4 is 21.9 Å². The molecule has 0 saturated carbocycles. The number of hydrogen-bond acceptors (Lipinski definition) is 5. The maximum absolute atomic E-state index is 13.8. The number of H-pyrrole nitrogens is 2. The summed E-state index contributed by atoms with van der Waals surface area (Å²) >= 11 is 0. The van der Waals surface area contributed by atoms with E-state index in [0.717, 1.165) is 44.5 Å². The van der Waals surface area contributed by atoms with E-state index in [9.17, 15) is 4.39 Å². The first-order valence-electron chi connectivity index (χ1n) is 9.61. The molecule has 0 unspecified atom stereocenters. The molecule has 0 bridgehead atoms. The van der Waals surface area contributed by atoms with Gasteiger partial charge in [-0.3, -0.25) is 20.1 Å². The summed E-state index contributed by atoms with van der Waals surface area (Å²) < 4.78 is 13.8. The van der Waals surface area contributed by atoms with Crippen molar-refractivity contribution in [3.63, 3.8) is 0 Å². The minimum atomic E-state index is -0.297. The molecule has 5 aromatic heterocycles. The molecule has 1 aromatic carbocycles. The van der Waals surface area contributed by atoms with Gasteiger partial charge in [0.15, 0.2) is 5.65 Å². The number of benzene rings is 1. The normalized spacial score (nSPS) is 11.4. The summed E-state index contributed by atoms with van der Waals surface area (Å²) in [6.07, 6.45) is 8.42. The highest BCUT2D eigenvalue weighted by atomic mass is 19.1. The molecular weight excluding hydrogens is 393 g/mol. The average Bonchev–Trinajstić information content (AvgIpc) is 3.43. The molecule has 0 spiro atoms. The molecule has 0 aliphatic carbocycles. The van der Waals surface area contributed by atoms with Crippen LogP contribution in [0.15, 0.2) is 73.4 Å². The lowest BCUT2D eigenvalue weighted by Gasteiger charge is -2.02. The van der Waals surface area contributed by atoms with Gasteiger partial charge in [-0.2, -0.15) is 5.10 Å². The van der Waals surface area contributed by atoms with E-state index in [1.807, 2.05) is 24.3 Å². The Bertz CT molecular complexity index is 1550.